The van der Waals surface area contributed by atoms with Crippen LogP contribution in [0.4, 0.5) is 17.1 Å². The number of anilines is 2. The lowest BCUT2D eigenvalue weighted by Crippen LogP contribution is -2.35. The fourth-order valence-electron chi connectivity index (χ4n) is 3.97. The Morgan fingerprint density at radius 3 is 2.54 bits per heavy atom. The molecule has 7 nitrogen and oxygen atoms in total. The van der Waals surface area contributed by atoms with E-state index in [-0.39, 0.29) is 41.6 Å². The quantitative estimate of drug-likeness (QED) is 0.502. The van der Waals surface area contributed by atoms with Crippen LogP contribution in [0.2, 0.25) is 0 Å². The molecule has 4 atom stereocenters. The van der Waals surface area contributed by atoms with Crippen molar-refractivity contribution in [1.82, 2.24) is 0 Å². The summed E-state index contributed by atoms with van der Waals surface area (Å²) in [6.45, 7) is 6.07. The molecule has 0 radical (unpaired) electrons. The lowest BCUT2D eigenvalue weighted by molar-refractivity contribution is -0.383. The average Bonchev–Trinajstić information content (AvgIpc) is 2.84. The number of nitrogens with one attached hydrogen (secondary N) is 1. The molecule has 26 heavy (non-hydrogen) atoms. The van der Waals surface area contributed by atoms with Gasteiger partial charge in [0.2, 0.25) is 11.8 Å². The third-order valence-corrected chi connectivity index (χ3v) is 5.86. The first kappa shape index (κ1) is 18.4. The van der Waals surface area contributed by atoms with Crippen LogP contribution in [0.25, 0.3) is 0 Å². The molecule has 1 aliphatic carbocycles. The predicted molar refractivity (Wildman–Crippen MR) is 99.0 cm³/mol. The lowest BCUT2D eigenvalue weighted by atomic mass is 9.78. The van der Waals surface area contributed by atoms with Gasteiger partial charge in [0.05, 0.1) is 10.6 Å². The molecule has 1 aromatic carbocycles. The Balaban J connectivity index is 1.89. The molecule has 1 saturated heterocycles. The molecular formula is C19H25N3O4. The lowest BCUT2D eigenvalue weighted by Gasteiger charge is -2.35. The van der Waals surface area contributed by atoms with Gasteiger partial charge in [-0.25, -0.2) is 0 Å². The number of rotatable bonds is 4. The Morgan fingerprint density at radius 2 is 1.92 bits per heavy atom. The summed E-state index contributed by atoms with van der Waals surface area (Å²) in [5, 5.41) is 14.9. The maximum atomic E-state index is 12.2. The second-order valence-corrected chi connectivity index (χ2v) is 7.65. The van der Waals surface area contributed by atoms with Crippen LogP contribution in [0.1, 0.15) is 46.5 Å². The van der Waals surface area contributed by atoms with E-state index in [2.05, 4.69) is 19.2 Å². The topological polar surface area (TPSA) is 92.6 Å². The minimum absolute atomic E-state index is 0.104. The average molecular weight is 359 g/mol. The zero-order valence-corrected chi connectivity index (χ0v) is 15.4. The Morgan fingerprint density at radius 1 is 1.19 bits per heavy atom. The molecule has 140 valence electrons. The van der Waals surface area contributed by atoms with Gasteiger partial charge in [0.15, 0.2) is 0 Å². The summed E-state index contributed by atoms with van der Waals surface area (Å²) in [5.74, 6) is -0.0116. The third-order valence-electron chi connectivity index (χ3n) is 5.86. The number of benzene rings is 1. The van der Waals surface area contributed by atoms with Gasteiger partial charge in [0.25, 0.3) is 5.69 Å². The molecule has 1 heterocycles. The van der Waals surface area contributed by atoms with Crippen molar-refractivity contribution >= 4 is 28.9 Å². The van der Waals surface area contributed by atoms with Gasteiger partial charge < -0.3 is 5.32 Å². The van der Waals surface area contributed by atoms with Crippen molar-refractivity contribution < 1.29 is 14.5 Å². The summed E-state index contributed by atoms with van der Waals surface area (Å²) in [5.41, 5.74) is 0.608. The number of hydrogen-bond acceptors (Lipinski definition) is 5. The van der Waals surface area contributed by atoms with Gasteiger partial charge in [-0.3, -0.25) is 24.6 Å². The van der Waals surface area contributed by atoms with Crippen molar-refractivity contribution in [3.63, 3.8) is 0 Å². The van der Waals surface area contributed by atoms with Gasteiger partial charge >= 0.3 is 0 Å². The van der Waals surface area contributed by atoms with E-state index < -0.39 is 4.92 Å². The van der Waals surface area contributed by atoms with Crippen LogP contribution in [-0.4, -0.2) is 22.8 Å². The van der Waals surface area contributed by atoms with Crippen LogP contribution in [-0.2, 0) is 9.59 Å². The Bertz CT molecular complexity index is 748. The highest BCUT2D eigenvalue weighted by Gasteiger charge is 2.37. The van der Waals surface area contributed by atoms with Crippen LogP contribution in [0, 0.1) is 27.9 Å². The molecule has 3 rings (SSSR count). The molecule has 1 aliphatic heterocycles. The Kier molecular flexibility index (Phi) is 4.98. The van der Waals surface area contributed by atoms with Gasteiger partial charge in [-0.1, -0.05) is 33.6 Å². The van der Waals surface area contributed by atoms with E-state index in [1.807, 2.05) is 0 Å². The van der Waals surface area contributed by atoms with Crippen LogP contribution >= 0.6 is 0 Å². The van der Waals surface area contributed by atoms with Gasteiger partial charge in [-0.2, -0.15) is 0 Å². The number of carbonyl (C=O) groups excluding carboxylic acids is 2. The van der Waals surface area contributed by atoms with E-state index in [4.69, 9.17) is 0 Å². The molecule has 0 spiro atoms. The molecule has 4 unspecified atom stereocenters. The normalized spacial score (nSPS) is 29.1. The predicted octanol–water partition coefficient (Wildman–Crippen LogP) is 3.73. The number of nitrogens with zero attached hydrogens (tertiary/aromatic N) is 2. The summed E-state index contributed by atoms with van der Waals surface area (Å²) in [6.07, 6.45) is 3.40. The van der Waals surface area contributed by atoms with Crippen molar-refractivity contribution in [3.05, 3.63) is 28.3 Å². The summed E-state index contributed by atoms with van der Waals surface area (Å²) < 4.78 is 0. The molecule has 2 fully saturated rings. The van der Waals surface area contributed by atoms with Crippen LogP contribution in [0.15, 0.2) is 18.2 Å². The highest BCUT2D eigenvalue weighted by Crippen LogP contribution is 2.37. The Labute approximate surface area is 152 Å². The van der Waals surface area contributed by atoms with Gasteiger partial charge in [-0.05, 0) is 30.4 Å². The van der Waals surface area contributed by atoms with Crippen molar-refractivity contribution in [3.8, 4) is 0 Å². The van der Waals surface area contributed by atoms with Gasteiger partial charge in [0, 0.05) is 24.4 Å². The highest BCUT2D eigenvalue weighted by molar-refractivity contribution is 6.21. The number of nitro groups is 1. The van der Waals surface area contributed by atoms with Gasteiger partial charge in [-0.15, -0.1) is 0 Å². The summed E-state index contributed by atoms with van der Waals surface area (Å²) >= 11 is 0. The third kappa shape index (κ3) is 3.30. The van der Waals surface area contributed by atoms with E-state index in [0.29, 0.717) is 17.5 Å². The van der Waals surface area contributed by atoms with E-state index in [1.165, 1.54) is 12.5 Å². The van der Waals surface area contributed by atoms with Crippen molar-refractivity contribution in [2.75, 3.05) is 10.2 Å². The zero-order valence-electron chi connectivity index (χ0n) is 15.4. The maximum absolute atomic E-state index is 12.2. The number of hydrogen-bond donors (Lipinski definition) is 1. The largest absolute Gasteiger partial charge is 0.376 e. The van der Waals surface area contributed by atoms with Crippen molar-refractivity contribution in [2.45, 2.75) is 52.5 Å². The maximum Gasteiger partial charge on any atom is 0.294 e. The smallest absolute Gasteiger partial charge is 0.294 e. The first-order chi connectivity index (χ1) is 12.3. The number of amides is 2. The molecule has 1 N–H and O–H groups in total. The molecule has 0 aromatic heterocycles. The van der Waals surface area contributed by atoms with E-state index in [0.717, 1.165) is 17.7 Å². The first-order valence-electron chi connectivity index (χ1n) is 9.21. The van der Waals surface area contributed by atoms with Crippen LogP contribution < -0.4 is 10.2 Å². The molecular weight excluding hydrogens is 334 g/mol. The molecule has 0 bridgehead atoms. The number of carbonyl (C=O) groups is 2. The molecule has 1 saturated carbocycles. The SMILES string of the molecule is CC1CC(=O)N(c2ccc(NC3CCCC(C)C3C)c([N+](=O)[O-])c2)C1=O. The monoisotopic (exact) mass is 359 g/mol. The number of nitro benzene ring substituents is 1. The Hall–Kier alpha value is -2.44. The second kappa shape index (κ2) is 7.05. The van der Waals surface area contributed by atoms with E-state index in [1.54, 1.807) is 19.1 Å². The fourth-order valence-corrected chi connectivity index (χ4v) is 3.97. The minimum Gasteiger partial charge on any atom is -0.376 e. The van der Waals surface area contributed by atoms with Crippen LogP contribution in [0.5, 0.6) is 0 Å². The number of imide groups is 1. The fraction of sp³-hybridized carbons (Fsp3) is 0.579. The van der Waals surface area contributed by atoms with Crippen molar-refractivity contribution in [1.29, 1.82) is 0 Å². The molecule has 2 amide bonds. The summed E-state index contributed by atoms with van der Waals surface area (Å²) in [7, 11) is 0. The molecule has 1 aromatic rings. The first-order valence-corrected chi connectivity index (χ1v) is 9.21. The van der Waals surface area contributed by atoms with E-state index >= 15 is 0 Å². The standard InChI is InChI=1S/C19H25N3O4/c1-11-5-4-6-15(13(11)3)20-16-8-7-14(10-17(16)22(25)26)21-18(23)9-12(2)19(21)24/h7-8,10-13,15,20H,4-6,9H2,1-3H3. The van der Waals surface area contributed by atoms with Crippen LogP contribution in [0.3, 0.4) is 0 Å². The molecule has 7 heteroatoms. The van der Waals surface area contributed by atoms with Crippen molar-refractivity contribution in [2.24, 2.45) is 17.8 Å². The van der Waals surface area contributed by atoms with E-state index in [9.17, 15) is 19.7 Å². The summed E-state index contributed by atoms with van der Waals surface area (Å²) in [4.78, 5) is 36.5. The second-order valence-electron chi connectivity index (χ2n) is 7.65. The van der Waals surface area contributed by atoms with Gasteiger partial charge in [0.1, 0.15) is 5.69 Å². The molecule has 2 aliphatic rings. The highest BCUT2D eigenvalue weighted by atomic mass is 16.6. The zero-order chi connectivity index (χ0) is 19.0. The minimum atomic E-state index is -0.461. The summed E-state index contributed by atoms with van der Waals surface area (Å²) in [6, 6.07) is 4.73.